The minimum Gasteiger partial charge on any atom is -0.327 e. The van der Waals surface area contributed by atoms with Crippen molar-refractivity contribution in [3.05, 3.63) is 29.8 Å². The van der Waals surface area contributed by atoms with E-state index in [1.807, 2.05) is 0 Å². The first-order chi connectivity index (χ1) is 9.72. The normalized spacial score (nSPS) is 18.9. The SMILES string of the molecule is NC(CS(=O)(=O)c1ccccc1C(F)(F)F)C1CCCC1. The van der Waals surface area contributed by atoms with Crippen LogP contribution in [-0.4, -0.2) is 20.2 Å². The Bertz CT molecular complexity index is 592. The number of alkyl halides is 3. The molecule has 0 aliphatic heterocycles. The lowest BCUT2D eigenvalue weighted by atomic mass is 10.0. The van der Waals surface area contributed by atoms with Gasteiger partial charge in [0.15, 0.2) is 9.84 Å². The lowest BCUT2D eigenvalue weighted by Crippen LogP contribution is -2.36. The molecule has 0 saturated heterocycles. The lowest BCUT2D eigenvalue weighted by Gasteiger charge is -2.20. The van der Waals surface area contributed by atoms with Gasteiger partial charge in [-0.1, -0.05) is 25.0 Å². The van der Waals surface area contributed by atoms with Gasteiger partial charge >= 0.3 is 6.18 Å². The molecule has 118 valence electrons. The molecule has 2 N–H and O–H groups in total. The number of halogens is 3. The van der Waals surface area contributed by atoms with Crippen LogP contribution in [0.3, 0.4) is 0 Å². The molecule has 1 saturated carbocycles. The summed E-state index contributed by atoms with van der Waals surface area (Å²) in [6.07, 6.45) is -1.01. The molecule has 1 aromatic rings. The predicted molar refractivity (Wildman–Crippen MR) is 73.4 cm³/mol. The molecular formula is C14H18F3NO2S. The predicted octanol–water partition coefficient (Wildman–Crippen LogP) is 3.00. The summed E-state index contributed by atoms with van der Waals surface area (Å²) >= 11 is 0. The highest BCUT2D eigenvalue weighted by molar-refractivity contribution is 7.91. The van der Waals surface area contributed by atoms with Gasteiger partial charge in [0.2, 0.25) is 0 Å². The summed E-state index contributed by atoms with van der Waals surface area (Å²) in [7, 11) is -4.06. The van der Waals surface area contributed by atoms with E-state index in [-0.39, 0.29) is 5.92 Å². The Balaban J connectivity index is 2.27. The highest BCUT2D eigenvalue weighted by Gasteiger charge is 2.37. The molecule has 1 fully saturated rings. The third-order valence-corrected chi connectivity index (χ3v) is 5.79. The second-order valence-electron chi connectivity index (χ2n) is 5.48. The molecule has 1 atom stereocenters. The van der Waals surface area contributed by atoms with Gasteiger partial charge in [-0.2, -0.15) is 13.2 Å². The molecule has 0 spiro atoms. The second-order valence-corrected chi connectivity index (χ2v) is 7.49. The summed E-state index contributed by atoms with van der Waals surface area (Å²) in [6, 6.07) is 3.65. The van der Waals surface area contributed by atoms with Crippen molar-refractivity contribution in [2.24, 2.45) is 11.7 Å². The second kappa shape index (κ2) is 5.96. The van der Waals surface area contributed by atoms with Crippen molar-refractivity contribution in [3.63, 3.8) is 0 Å². The molecule has 21 heavy (non-hydrogen) atoms. The van der Waals surface area contributed by atoms with Crippen LogP contribution in [0, 0.1) is 5.92 Å². The Kier molecular flexibility index (Phi) is 4.63. The largest absolute Gasteiger partial charge is 0.417 e. The van der Waals surface area contributed by atoms with Crippen LogP contribution in [-0.2, 0) is 16.0 Å². The van der Waals surface area contributed by atoms with Gasteiger partial charge in [0.25, 0.3) is 0 Å². The highest BCUT2D eigenvalue weighted by atomic mass is 32.2. The van der Waals surface area contributed by atoms with Gasteiger partial charge in [-0.05, 0) is 30.9 Å². The smallest absolute Gasteiger partial charge is 0.327 e. The van der Waals surface area contributed by atoms with Gasteiger partial charge in [0, 0.05) is 6.04 Å². The van der Waals surface area contributed by atoms with Crippen LogP contribution in [0.5, 0.6) is 0 Å². The Labute approximate surface area is 122 Å². The third-order valence-electron chi connectivity index (χ3n) is 3.94. The Morgan fingerprint density at radius 2 is 1.76 bits per heavy atom. The number of rotatable bonds is 4. The summed E-state index contributed by atoms with van der Waals surface area (Å²) in [5, 5.41) is 0. The molecule has 1 unspecified atom stereocenters. The number of nitrogens with two attached hydrogens (primary N) is 1. The van der Waals surface area contributed by atoms with Crippen molar-refractivity contribution < 1.29 is 21.6 Å². The van der Waals surface area contributed by atoms with E-state index in [1.54, 1.807) is 0 Å². The van der Waals surface area contributed by atoms with E-state index in [0.717, 1.165) is 37.8 Å². The first kappa shape index (κ1) is 16.3. The zero-order valence-corrected chi connectivity index (χ0v) is 12.3. The summed E-state index contributed by atoms with van der Waals surface area (Å²) in [5.41, 5.74) is 4.78. The van der Waals surface area contributed by atoms with Crippen LogP contribution < -0.4 is 5.73 Å². The van der Waals surface area contributed by atoms with E-state index in [4.69, 9.17) is 5.73 Å². The molecule has 0 aromatic heterocycles. The van der Waals surface area contributed by atoms with Crippen LogP contribution in [0.1, 0.15) is 31.2 Å². The lowest BCUT2D eigenvalue weighted by molar-refractivity contribution is -0.139. The van der Waals surface area contributed by atoms with Gasteiger partial charge in [-0.3, -0.25) is 0 Å². The Morgan fingerprint density at radius 3 is 2.33 bits per heavy atom. The van der Waals surface area contributed by atoms with Gasteiger partial charge < -0.3 is 5.73 Å². The maximum Gasteiger partial charge on any atom is 0.417 e. The van der Waals surface area contributed by atoms with Crippen LogP contribution in [0.15, 0.2) is 29.2 Å². The zero-order chi connectivity index (χ0) is 15.7. The maximum absolute atomic E-state index is 12.9. The van der Waals surface area contributed by atoms with E-state index in [9.17, 15) is 21.6 Å². The Morgan fingerprint density at radius 1 is 1.19 bits per heavy atom. The molecule has 3 nitrogen and oxygen atoms in total. The number of benzene rings is 1. The van der Waals surface area contributed by atoms with Gasteiger partial charge in [-0.15, -0.1) is 0 Å². The molecule has 0 bridgehead atoms. The molecular weight excluding hydrogens is 303 g/mol. The fraction of sp³-hybridized carbons (Fsp3) is 0.571. The van der Waals surface area contributed by atoms with Crippen molar-refractivity contribution in [2.45, 2.75) is 42.8 Å². The maximum atomic E-state index is 12.9. The van der Waals surface area contributed by atoms with Gasteiger partial charge in [-0.25, -0.2) is 8.42 Å². The average Bonchev–Trinajstić information content (AvgIpc) is 2.91. The van der Waals surface area contributed by atoms with Crippen molar-refractivity contribution in [2.75, 3.05) is 5.75 Å². The van der Waals surface area contributed by atoms with Crippen molar-refractivity contribution >= 4 is 9.84 Å². The highest BCUT2D eigenvalue weighted by Crippen LogP contribution is 2.35. The fourth-order valence-corrected chi connectivity index (χ4v) is 4.60. The minimum atomic E-state index is -4.69. The van der Waals surface area contributed by atoms with E-state index in [0.29, 0.717) is 0 Å². The molecule has 0 amide bonds. The molecule has 1 aromatic carbocycles. The molecule has 0 radical (unpaired) electrons. The number of hydrogen-bond acceptors (Lipinski definition) is 3. The first-order valence-electron chi connectivity index (χ1n) is 6.86. The first-order valence-corrected chi connectivity index (χ1v) is 8.51. The summed E-state index contributed by atoms with van der Waals surface area (Å²) in [5.74, 6) is -0.358. The van der Waals surface area contributed by atoms with Crippen molar-refractivity contribution in [1.82, 2.24) is 0 Å². The summed E-state index contributed by atoms with van der Waals surface area (Å²) in [6.45, 7) is 0. The zero-order valence-electron chi connectivity index (χ0n) is 11.4. The van der Waals surface area contributed by atoms with E-state index in [1.165, 1.54) is 12.1 Å². The standard InChI is InChI=1S/C14H18F3NO2S/c15-14(16,17)11-7-3-4-8-13(11)21(19,20)9-12(18)10-5-1-2-6-10/h3-4,7-8,10,12H,1-2,5-6,9,18H2. The van der Waals surface area contributed by atoms with Crippen molar-refractivity contribution in [3.8, 4) is 0 Å². The molecule has 1 aliphatic rings. The van der Waals surface area contributed by atoms with Crippen LogP contribution >= 0.6 is 0 Å². The molecule has 2 rings (SSSR count). The molecule has 0 heterocycles. The van der Waals surface area contributed by atoms with E-state index >= 15 is 0 Å². The quantitative estimate of drug-likeness (QED) is 0.927. The van der Waals surface area contributed by atoms with E-state index in [2.05, 4.69) is 0 Å². The number of sulfone groups is 1. The van der Waals surface area contributed by atoms with E-state index < -0.39 is 38.3 Å². The van der Waals surface area contributed by atoms with Gasteiger partial charge in [0.1, 0.15) is 0 Å². The fourth-order valence-electron chi connectivity index (χ4n) is 2.84. The molecule has 7 heteroatoms. The van der Waals surface area contributed by atoms with Crippen LogP contribution in [0.4, 0.5) is 13.2 Å². The van der Waals surface area contributed by atoms with Crippen molar-refractivity contribution in [1.29, 1.82) is 0 Å². The Hall–Kier alpha value is -1.08. The average molecular weight is 321 g/mol. The minimum absolute atomic E-state index is 0.0813. The summed E-state index contributed by atoms with van der Waals surface area (Å²) < 4.78 is 63.3. The third kappa shape index (κ3) is 3.77. The van der Waals surface area contributed by atoms with Gasteiger partial charge in [0.05, 0.1) is 16.2 Å². The monoisotopic (exact) mass is 321 g/mol. The van der Waals surface area contributed by atoms with Crippen LogP contribution in [0.2, 0.25) is 0 Å². The van der Waals surface area contributed by atoms with Crippen LogP contribution in [0.25, 0.3) is 0 Å². The summed E-state index contributed by atoms with van der Waals surface area (Å²) in [4.78, 5) is -0.675. The molecule has 1 aliphatic carbocycles. The topological polar surface area (TPSA) is 60.2 Å². The number of hydrogen-bond donors (Lipinski definition) is 1.